The number of aromatic nitrogens is 2. The summed E-state index contributed by atoms with van der Waals surface area (Å²) >= 11 is 1.49. The van der Waals surface area contributed by atoms with Gasteiger partial charge in [-0.1, -0.05) is 18.2 Å². The van der Waals surface area contributed by atoms with Gasteiger partial charge in [-0.15, -0.1) is 11.3 Å². The molecule has 7 nitrogen and oxygen atoms in total. The van der Waals surface area contributed by atoms with Crippen LogP contribution in [0.2, 0.25) is 0 Å². The predicted octanol–water partition coefficient (Wildman–Crippen LogP) is 2.35. The van der Waals surface area contributed by atoms with E-state index < -0.39 is 28.5 Å². The molecule has 0 aliphatic carbocycles. The van der Waals surface area contributed by atoms with Crippen LogP contribution < -0.4 is 16.3 Å². The first-order valence-electron chi connectivity index (χ1n) is 8.96. The summed E-state index contributed by atoms with van der Waals surface area (Å²) in [6.07, 6.45) is 4.24. The molecule has 9 heteroatoms. The van der Waals surface area contributed by atoms with Crippen molar-refractivity contribution < 1.29 is 14.3 Å². The van der Waals surface area contributed by atoms with Crippen molar-refractivity contribution >= 4 is 22.8 Å². The zero-order valence-electron chi connectivity index (χ0n) is 15.5. The summed E-state index contributed by atoms with van der Waals surface area (Å²) in [6.45, 7) is 0.380. The van der Waals surface area contributed by atoms with Gasteiger partial charge in [-0.25, -0.2) is 4.39 Å². The SMILES string of the molecule is O=C(NCc1ccc(F)cc1)c1cn2ccn(Cc3cccs3)c(=O)c2c(O)c1=O. The van der Waals surface area contributed by atoms with Crippen molar-refractivity contribution in [2.24, 2.45) is 0 Å². The molecular weight excluding hydrogens is 409 g/mol. The number of thiophene rings is 1. The van der Waals surface area contributed by atoms with Gasteiger partial charge in [0.2, 0.25) is 5.43 Å². The van der Waals surface area contributed by atoms with E-state index in [1.54, 1.807) is 0 Å². The van der Waals surface area contributed by atoms with Crippen LogP contribution in [-0.2, 0) is 13.1 Å². The summed E-state index contributed by atoms with van der Waals surface area (Å²) in [5.41, 5.74) is -1.33. The number of hydrogen-bond acceptors (Lipinski definition) is 5. The molecule has 0 aliphatic rings. The average Bonchev–Trinajstić information content (AvgIpc) is 3.25. The van der Waals surface area contributed by atoms with E-state index >= 15 is 0 Å². The monoisotopic (exact) mass is 425 g/mol. The minimum Gasteiger partial charge on any atom is -0.503 e. The van der Waals surface area contributed by atoms with Gasteiger partial charge in [-0.2, -0.15) is 0 Å². The average molecular weight is 425 g/mol. The van der Waals surface area contributed by atoms with Gasteiger partial charge in [0.05, 0.1) is 6.54 Å². The Bertz CT molecular complexity index is 1340. The number of hydrogen-bond donors (Lipinski definition) is 2. The fraction of sp³-hybridized carbons (Fsp3) is 0.0952. The predicted molar refractivity (Wildman–Crippen MR) is 111 cm³/mol. The van der Waals surface area contributed by atoms with Gasteiger partial charge >= 0.3 is 0 Å². The highest BCUT2D eigenvalue weighted by atomic mass is 32.1. The Balaban J connectivity index is 1.65. The van der Waals surface area contributed by atoms with Crippen LogP contribution in [0.4, 0.5) is 4.39 Å². The number of halogens is 1. The van der Waals surface area contributed by atoms with Crippen LogP contribution >= 0.6 is 11.3 Å². The molecule has 0 saturated heterocycles. The molecule has 0 bridgehead atoms. The molecule has 3 aromatic heterocycles. The Kier molecular flexibility index (Phi) is 5.20. The fourth-order valence-corrected chi connectivity index (χ4v) is 3.74. The van der Waals surface area contributed by atoms with Crippen molar-refractivity contribution in [2.75, 3.05) is 0 Å². The highest BCUT2D eigenvalue weighted by molar-refractivity contribution is 7.09. The zero-order valence-corrected chi connectivity index (χ0v) is 16.4. The van der Waals surface area contributed by atoms with Gasteiger partial charge in [0.25, 0.3) is 11.5 Å². The minimum absolute atomic E-state index is 0.0738. The molecule has 0 spiro atoms. The number of nitrogens with zero attached hydrogens (tertiary/aromatic N) is 2. The Hall–Kier alpha value is -3.72. The van der Waals surface area contributed by atoms with Gasteiger partial charge in [-0.3, -0.25) is 14.4 Å². The summed E-state index contributed by atoms with van der Waals surface area (Å²) in [4.78, 5) is 38.7. The lowest BCUT2D eigenvalue weighted by Crippen LogP contribution is -2.30. The molecule has 0 fully saturated rings. The van der Waals surface area contributed by atoms with Crippen molar-refractivity contribution in [2.45, 2.75) is 13.1 Å². The van der Waals surface area contributed by atoms with E-state index in [2.05, 4.69) is 5.32 Å². The van der Waals surface area contributed by atoms with Crippen LogP contribution in [0.25, 0.3) is 5.52 Å². The number of nitrogens with one attached hydrogen (secondary N) is 1. The van der Waals surface area contributed by atoms with E-state index in [1.807, 2.05) is 17.5 Å². The molecule has 30 heavy (non-hydrogen) atoms. The minimum atomic E-state index is -0.933. The van der Waals surface area contributed by atoms with E-state index in [1.165, 1.54) is 63.2 Å². The summed E-state index contributed by atoms with van der Waals surface area (Å²) in [6, 6.07) is 9.29. The van der Waals surface area contributed by atoms with Crippen LogP contribution in [0.1, 0.15) is 20.8 Å². The lowest BCUT2D eigenvalue weighted by molar-refractivity contribution is 0.0949. The second kappa shape index (κ2) is 7.96. The lowest BCUT2D eigenvalue weighted by atomic mass is 10.2. The summed E-state index contributed by atoms with van der Waals surface area (Å²) in [7, 11) is 0. The van der Waals surface area contributed by atoms with Crippen LogP contribution in [0.15, 0.2) is 70.0 Å². The fourth-order valence-electron chi connectivity index (χ4n) is 3.04. The molecule has 2 N–H and O–H groups in total. The topological polar surface area (TPSA) is 92.8 Å². The molecule has 0 unspecified atom stereocenters. The van der Waals surface area contributed by atoms with Crippen LogP contribution in [0, 0.1) is 5.82 Å². The molecule has 0 saturated carbocycles. The number of aromatic hydroxyl groups is 1. The Labute approximate surface area is 173 Å². The molecule has 0 radical (unpaired) electrons. The molecule has 1 aromatic carbocycles. The van der Waals surface area contributed by atoms with Crippen molar-refractivity contribution in [3.05, 3.63) is 103 Å². The molecule has 0 aliphatic heterocycles. The van der Waals surface area contributed by atoms with Gasteiger partial charge in [-0.05, 0) is 29.1 Å². The van der Waals surface area contributed by atoms with Crippen molar-refractivity contribution in [1.29, 1.82) is 0 Å². The van der Waals surface area contributed by atoms with Gasteiger partial charge in [0, 0.05) is 30.0 Å². The first kappa shape index (κ1) is 19.6. The number of carbonyl (C=O) groups is 1. The van der Waals surface area contributed by atoms with E-state index in [4.69, 9.17) is 0 Å². The largest absolute Gasteiger partial charge is 0.503 e. The second-order valence-corrected chi connectivity index (χ2v) is 7.63. The quantitative estimate of drug-likeness (QED) is 0.513. The number of carbonyl (C=O) groups excluding carboxylic acids is 1. The van der Waals surface area contributed by atoms with Gasteiger partial charge < -0.3 is 19.4 Å². The summed E-state index contributed by atoms with van der Waals surface area (Å²) < 4.78 is 15.6. The Morgan fingerprint density at radius 1 is 1.13 bits per heavy atom. The first-order chi connectivity index (χ1) is 14.4. The van der Waals surface area contributed by atoms with Crippen LogP contribution in [0.5, 0.6) is 5.75 Å². The highest BCUT2D eigenvalue weighted by Crippen LogP contribution is 2.13. The molecule has 4 rings (SSSR count). The van der Waals surface area contributed by atoms with E-state index in [9.17, 15) is 23.9 Å². The van der Waals surface area contributed by atoms with E-state index in [0.717, 1.165) is 4.88 Å². The first-order valence-corrected chi connectivity index (χ1v) is 9.84. The normalized spacial score (nSPS) is 11.0. The number of rotatable bonds is 5. The Morgan fingerprint density at radius 2 is 1.90 bits per heavy atom. The number of fused-ring (bicyclic) bond motifs is 1. The van der Waals surface area contributed by atoms with E-state index in [0.29, 0.717) is 12.1 Å². The molecular formula is C21H16FN3O4S. The second-order valence-electron chi connectivity index (χ2n) is 6.60. The number of benzene rings is 1. The molecule has 4 aromatic rings. The third-order valence-electron chi connectivity index (χ3n) is 4.60. The third kappa shape index (κ3) is 3.74. The van der Waals surface area contributed by atoms with Gasteiger partial charge in [0.15, 0.2) is 11.3 Å². The maximum atomic E-state index is 13.0. The number of pyridine rings is 1. The molecule has 0 atom stereocenters. The Morgan fingerprint density at radius 3 is 2.60 bits per heavy atom. The highest BCUT2D eigenvalue weighted by Gasteiger charge is 2.19. The van der Waals surface area contributed by atoms with Crippen molar-refractivity contribution in [1.82, 2.24) is 14.3 Å². The number of amides is 1. The third-order valence-corrected chi connectivity index (χ3v) is 5.46. The van der Waals surface area contributed by atoms with Crippen LogP contribution in [-0.4, -0.2) is 20.0 Å². The zero-order chi connectivity index (χ0) is 21.3. The molecule has 152 valence electrons. The van der Waals surface area contributed by atoms with Crippen molar-refractivity contribution in [3.63, 3.8) is 0 Å². The van der Waals surface area contributed by atoms with Crippen LogP contribution in [0.3, 0.4) is 0 Å². The van der Waals surface area contributed by atoms with Gasteiger partial charge in [0.1, 0.15) is 11.4 Å². The lowest BCUT2D eigenvalue weighted by Gasteiger charge is -2.11. The summed E-state index contributed by atoms with van der Waals surface area (Å²) in [5, 5.41) is 14.8. The maximum absolute atomic E-state index is 13.0. The molecule has 1 amide bonds. The smallest absolute Gasteiger partial charge is 0.279 e. The standard InChI is InChI=1S/C21H16FN3O4S/c22-14-5-3-13(4-6-14)10-23-20(28)16-12-24-7-8-25(11-15-2-1-9-30-15)21(29)17(24)19(27)18(16)26/h1-9,12,27H,10-11H2,(H,23,28). The molecule has 3 heterocycles. The van der Waals surface area contributed by atoms with E-state index in [-0.39, 0.29) is 17.6 Å². The maximum Gasteiger partial charge on any atom is 0.279 e. The summed E-state index contributed by atoms with van der Waals surface area (Å²) in [5.74, 6) is -1.89. The van der Waals surface area contributed by atoms with Crippen molar-refractivity contribution in [3.8, 4) is 5.75 Å².